The molecule has 0 saturated carbocycles. The van der Waals surface area contributed by atoms with E-state index in [0.29, 0.717) is 10.6 Å². The van der Waals surface area contributed by atoms with Crippen LogP contribution in [0.2, 0.25) is 0 Å². The Balaban J connectivity index is 1.98. The molecular formula is C14H13BrO2S2. The minimum atomic E-state index is -3.18. The lowest BCUT2D eigenvalue weighted by Crippen LogP contribution is -2.08. The number of benzene rings is 2. The van der Waals surface area contributed by atoms with E-state index in [4.69, 9.17) is 0 Å². The molecule has 0 heterocycles. The predicted octanol–water partition coefficient (Wildman–Crippen LogP) is 4.02. The van der Waals surface area contributed by atoms with Gasteiger partial charge in [0.15, 0.2) is 9.84 Å². The highest BCUT2D eigenvalue weighted by atomic mass is 79.9. The summed E-state index contributed by atoms with van der Waals surface area (Å²) in [5, 5.41) is 0. The van der Waals surface area contributed by atoms with Crippen LogP contribution in [0.25, 0.3) is 0 Å². The number of hydrogen-bond donors (Lipinski definition) is 0. The first-order chi connectivity index (χ1) is 9.09. The van der Waals surface area contributed by atoms with Gasteiger partial charge in [-0.3, -0.25) is 0 Å². The molecule has 0 N–H and O–H groups in total. The van der Waals surface area contributed by atoms with Gasteiger partial charge in [0.25, 0.3) is 0 Å². The first kappa shape index (κ1) is 14.6. The van der Waals surface area contributed by atoms with E-state index < -0.39 is 9.84 Å². The van der Waals surface area contributed by atoms with Crippen molar-refractivity contribution in [2.24, 2.45) is 0 Å². The largest absolute Gasteiger partial charge is 0.224 e. The highest BCUT2D eigenvalue weighted by molar-refractivity contribution is 9.10. The zero-order valence-electron chi connectivity index (χ0n) is 10.1. The van der Waals surface area contributed by atoms with Crippen LogP contribution in [0.15, 0.2) is 68.9 Å². The number of rotatable bonds is 5. The van der Waals surface area contributed by atoms with E-state index in [1.54, 1.807) is 36.0 Å². The fourth-order valence-corrected chi connectivity index (χ4v) is 4.82. The van der Waals surface area contributed by atoms with Crippen molar-refractivity contribution in [3.8, 4) is 0 Å². The smallest absolute Gasteiger partial charge is 0.179 e. The fourth-order valence-electron chi connectivity index (χ4n) is 1.57. The molecule has 0 fully saturated rings. The summed E-state index contributed by atoms with van der Waals surface area (Å²) < 4.78 is 25.2. The Labute approximate surface area is 126 Å². The second-order valence-corrected chi connectivity index (χ2v) is 8.01. The molecule has 0 radical (unpaired) electrons. The summed E-state index contributed by atoms with van der Waals surface area (Å²) in [6.07, 6.45) is 0. The minimum Gasteiger partial charge on any atom is -0.224 e. The second-order valence-electron chi connectivity index (χ2n) is 3.91. The van der Waals surface area contributed by atoms with E-state index in [0.717, 1.165) is 9.37 Å². The van der Waals surface area contributed by atoms with E-state index in [2.05, 4.69) is 15.9 Å². The topological polar surface area (TPSA) is 34.1 Å². The van der Waals surface area contributed by atoms with Gasteiger partial charge in [-0.05, 0) is 40.2 Å². The van der Waals surface area contributed by atoms with Crippen LogP contribution < -0.4 is 0 Å². The highest BCUT2D eigenvalue weighted by Crippen LogP contribution is 2.27. The van der Waals surface area contributed by atoms with Gasteiger partial charge in [-0.25, -0.2) is 8.42 Å². The summed E-state index contributed by atoms with van der Waals surface area (Å²) in [4.78, 5) is 1.45. The molecule has 0 aliphatic heterocycles. The zero-order valence-corrected chi connectivity index (χ0v) is 13.3. The number of thioether (sulfide) groups is 1. The molecule has 2 aromatic rings. The minimum absolute atomic E-state index is 0.142. The van der Waals surface area contributed by atoms with Crippen LogP contribution in [0, 0.1) is 0 Å². The number of hydrogen-bond acceptors (Lipinski definition) is 3. The molecule has 19 heavy (non-hydrogen) atoms. The van der Waals surface area contributed by atoms with Crippen molar-refractivity contribution >= 4 is 37.5 Å². The van der Waals surface area contributed by atoms with Gasteiger partial charge in [0, 0.05) is 15.1 Å². The number of sulfone groups is 1. The molecule has 0 unspecified atom stereocenters. The molecule has 100 valence electrons. The maximum atomic E-state index is 12.1. The molecule has 0 aliphatic rings. The summed E-state index contributed by atoms with van der Waals surface area (Å²) in [6.45, 7) is 0. The lowest BCUT2D eigenvalue weighted by molar-refractivity contribution is 0.597. The van der Waals surface area contributed by atoms with Crippen LogP contribution in [-0.2, 0) is 9.84 Å². The fraction of sp³-hybridized carbons (Fsp3) is 0.143. The van der Waals surface area contributed by atoms with E-state index in [1.165, 1.54) is 0 Å². The van der Waals surface area contributed by atoms with Crippen molar-refractivity contribution in [3.05, 3.63) is 59.1 Å². The van der Waals surface area contributed by atoms with E-state index in [9.17, 15) is 8.42 Å². The third-order valence-electron chi connectivity index (χ3n) is 2.55. The van der Waals surface area contributed by atoms with Crippen LogP contribution in [0.4, 0.5) is 0 Å². The van der Waals surface area contributed by atoms with Gasteiger partial charge in [0.2, 0.25) is 0 Å². The maximum Gasteiger partial charge on any atom is 0.179 e. The highest BCUT2D eigenvalue weighted by Gasteiger charge is 2.13. The van der Waals surface area contributed by atoms with Crippen molar-refractivity contribution in [1.82, 2.24) is 0 Å². The standard InChI is InChI=1S/C14H13BrO2S2/c15-13-8-4-5-9-14(13)18-10-11-19(16,17)12-6-2-1-3-7-12/h1-9H,10-11H2. The molecule has 0 spiro atoms. The van der Waals surface area contributed by atoms with E-state index >= 15 is 0 Å². The Morgan fingerprint density at radius 2 is 1.58 bits per heavy atom. The predicted molar refractivity (Wildman–Crippen MR) is 83.4 cm³/mol. The molecule has 0 bridgehead atoms. The van der Waals surface area contributed by atoms with Crippen molar-refractivity contribution in [1.29, 1.82) is 0 Å². The molecule has 2 nitrogen and oxygen atoms in total. The van der Waals surface area contributed by atoms with Crippen molar-refractivity contribution in [2.75, 3.05) is 11.5 Å². The Bertz CT molecular complexity index is 640. The summed E-state index contributed by atoms with van der Waals surface area (Å²) in [7, 11) is -3.18. The van der Waals surface area contributed by atoms with Gasteiger partial charge >= 0.3 is 0 Å². The molecular weight excluding hydrogens is 344 g/mol. The number of halogens is 1. The summed E-state index contributed by atoms with van der Waals surface area (Å²) >= 11 is 4.99. The van der Waals surface area contributed by atoms with Crippen LogP contribution in [-0.4, -0.2) is 19.9 Å². The first-order valence-corrected chi connectivity index (χ1v) is 9.18. The average Bonchev–Trinajstić information content (AvgIpc) is 2.42. The summed E-state index contributed by atoms with van der Waals surface area (Å²) in [6, 6.07) is 16.4. The van der Waals surface area contributed by atoms with E-state index in [-0.39, 0.29) is 5.75 Å². The lowest BCUT2D eigenvalue weighted by atomic mass is 10.4. The molecule has 2 aromatic carbocycles. The van der Waals surface area contributed by atoms with Gasteiger partial charge < -0.3 is 0 Å². The van der Waals surface area contributed by atoms with Crippen LogP contribution in [0.1, 0.15) is 0 Å². The molecule has 0 atom stereocenters. The Hall–Kier alpha value is -0.780. The van der Waals surface area contributed by atoms with Crippen LogP contribution in [0.5, 0.6) is 0 Å². The second kappa shape index (κ2) is 6.59. The van der Waals surface area contributed by atoms with Gasteiger partial charge in [-0.2, -0.15) is 0 Å². The quantitative estimate of drug-likeness (QED) is 0.758. The maximum absolute atomic E-state index is 12.1. The molecule has 2 rings (SSSR count). The molecule has 0 amide bonds. The van der Waals surface area contributed by atoms with Crippen molar-refractivity contribution < 1.29 is 8.42 Å². The average molecular weight is 357 g/mol. The Morgan fingerprint density at radius 3 is 2.26 bits per heavy atom. The first-order valence-electron chi connectivity index (χ1n) is 5.75. The lowest BCUT2D eigenvalue weighted by Gasteiger charge is -2.05. The molecule has 5 heteroatoms. The zero-order chi connectivity index (χ0) is 13.7. The van der Waals surface area contributed by atoms with Gasteiger partial charge in [-0.1, -0.05) is 30.3 Å². The summed E-state index contributed by atoms with van der Waals surface area (Å²) in [5.41, 5.74) is 0. The SMILES string of the molecule is O=S(=O)(CCSc1ccccc1Br)c1ccccc1. The monoisotopic (exact) mass is 356 g/mol. The van der Waals surface area contributed by atoms with E-state index in [1.807, 2.05) is 30.3 Å². The molecule has 0 saturated heterocycles. The normalized spacial score (nSPS) is 11.4. The third kappa shape index (κ3) is 4.09. The van der Waals surface area contributed by atoms with Crippen LogP contribution in [0.3, 0.4) is 0 Å². The molecule has 0 aromatic heterocycles. The Morgan fingerprint density at radius 1 is 0.947 bits per heavy atom. The molecule has 0 aliphatic carbocycles. The Kier molecular flexibility index (Phi) is 5.07. The van der Waals surface area contributed by atoms with Gasteiger partial charge in [0.05, 0.1) is 10.6 Å². The summed E-state index contributed by atoms with van der Waals surface area (Å²) in [5.74, 6) is 0.683. The van der Waals surface area contributed by atoms with Crippen molar-refractivity contribution in [3.63, 3.8) is 0 Å². The van der Waals surface area contributed by atoms with Crippen molar-refractivity contribution in [2.45, 2.75) is 9.79 Å². The van der Waals surface area contributed by atoms with Gasteiger partial charge in [0.1, 0.15) is 0 Å². The van der Waals surface area contributed by atoms with Crippen LogP contribution >= 0.6 is 27.7 Å². The van der Waals surface area contributed by atoms with Gasteiger partial charge in [-0.15, -0.1) is 11.8 Å². The third-order valence-corrected chi connectivity index (χ3v) is 6.57.